The van der Waals surface area contributed by atoms with E-state index in [0.29, 0.717) is 18.0 Å². The fraction of sp³-hybridized carbons (Fsp3) is 0.150. The monoisotopic (exact) mass is 407 g/mol. The number of rotatable bonds is 6. The van der Waals surface area contributed by atoms with Crippen LogP contribution in [0.4, 0.5) is 4.39 Å². The Morgan fingerprint density at radius 1 is 1.23 bits per heavy atom. The Bertz CT molecular complexity index is 1260. The molecule has 3 heterocycles. The van der Waals surface area contributed by atoms with Crippen molar-refractivity contribution in [1.82, 2.24) is 29.5 Å². The Balaban J connectivity index is 1.66. The summed E-state index contributed by atoms with van der Waals surface area (Å²) in [5.41, 5.74) is 8.68. The van der Waals surface area contributed by atoms with Crippen molar-refractivity contribution in [3.05, 3.63) is 77.2 Å². The number of nitrogens with zero attached hydrogens (tertiary/aromatic N) is 6. The molecule has 0 spiro atoms. The van der Waals surface area contributed by atoms with E-state index in [4.69, 9.17) is 10.3 Å². The molecule has 3 aromatic heterocycles. The molecule has 0 aliphatic heterocycles. The van der Waals surface area contributed by atoms with E-state index in [0.717, 1.165) is 26.9 Å². The number of benzene rings is 1. The van der Waals surface area contributed by atoms with Crippen LogP contribution in [0.2, 0.25) is 0 Å². The fourth-order valence-electron chi connectivity index (χ4n) is 3.04. The molecule has 0 fully saturated rings. The summed E-state index contributed by atoms with van der Waals surface area (Å²) in [6, 6.07) is 9.59. The quantitative estimate of drug-likeness (QED) is 0.521. The first-order valence-corrected chi connectivity index (χ1v) is 9.07. The van der Waals surface area contributed by atoms with Gasteiger partial charge in [-0.2, -0.15) is 10.1 Å². The topological polar surface area (TPSA) is 118 Å². The van der Waals surface area contributed by atoms with Gasteiger partial charge in [0.25, 0.3) is 0 Å². The van der Waals surface area contributed by atoms with Gasteiger partial charge in [-0.25, -0.2) is 23.4 Å². The standard InChI is InChI=1S/C20H18FN7O2/c1-13-5-17(15-3-2-4-16(6-15)18-24-12-30-26-18)9-23-19(13)27-11-25-28(20(27)29)10-14(7-21)8-22/h2-7,9,11-12H,8,10,22H2,1H3/b14-7+. The molecule has 152 valence electrons. The van der Waals surface area contributed by atoms with E-state index < -0.39 is 5.69 Å². The lowest BCUT2D eigenvalue weighted by Gasteiger charge is -2.08. The first-order chi connectivity index (χ1) is 14.6. The van der Waals surface area contributed by atoms with Gasteiger partial charge in [0, 0.05) is 23.9 Å². The molecule has 4 rings (SSSR count). The maximum absolute atomic E-state index is 12.8. The SMILES string of the molecule is Cc1cc(-c2cccc(-c3ncon3)c2)cnc1-n1cnn(C/C(=C/F)CN)c1=O. The predicted octanol–water partition coefficient (Wildman–Crippen LogP) is 2.27. The van der Waals surface area contributed by atoms with Crippen molar-refractivity contribution in [2.45, 2.75) is 13.5 Å². The van der Waals surface area contributed by atoms with Gasteiger partial charge in [-0.05, 0) is 35.8 Å². The lowest BCUT2D eigenvalue weighted by molar-refractivity contribution is 0.419. The summed E-state index contributed by atoms with van der Waals surface area (Å²) in [4.78, 5) is 21.1. The third-order valence-corrected chi connectivity index (χ3v) is 4.60. The second-order valence-electron chi connectivity index (χ2n) is 6.61. The minimum atomic E-state index is -0.426. The van der Waals surface area contributed by atoms with E-state index in [9.17, 15) is 9.18 Å². The normalized spacial score (nSPS) is 11.8. The second-order valence-corrected chi connectivity index (χ2v) is 6.61. The molecule has 0 saturated heterocycles. The van der Waals surface area contributed by atoms with Crippen LogP contribution < -0.4 is 11.4 Å². The van der Waals surface area contributed by atoms with Crippen molar-refractivity contribution < 1.29 is 8.91 Å². The third-order valence-electron chi connectivity index (χ3n) is 4.60. The van der Waals surface area contributed by atoms with Gasteiger partial charge in [0.1, 0.15) is 12.1 Å². The smallest absolute Gasteiger partial charge is 0.342 e. The van der Waals surface area contributed by atoms with Crippen LogP contribution in [0.3, 0.4) is 0 Å². The zero-order valence-corrected chi connectivity index (χ0v) is 16.1. The molecule has 0 saturated carbocycles. The Kier molecular flexibility index (Phi) is 5.31. The average Bonchev–Trinajstić information content (AvgIpc) is 3.43. The average molecular weight is 407 g/mol. The number of aryl methyl sites for hydroxylation is 1. The van der Waals surface area contributed by atoms with Gasteiger partial charge in [-0.1, -0.05) is 23.4 Å². The molecule has 2 N–H and O–H groups in total. The Hall–Kier alpha value is -3.92. The highest BCUT2D eigenvalue weighted by Crippen LogP contribution is 2.25. The molecule has 0 radical (unpaired) electrons. The minimum Gasteiger partial charge on any atom is -0.342 e. The molecule has 0 atom stereocenters. The highest BCUT2D eigenvalue weighted by Gasteiger charge is 2.13. The van der Waals surface area contributed by atoms with Crippen LogP contribution in [0.15, 0.2) is 70.5 Å². The van der Waals surface area contributed by atoms with Crippen molar-refractivity contribution in [3.8, 4) is 28.3 Å². The molecule has 1 aromatic carbocycles. The molecular weight excluding hydrogens is 389 g/mol. The molecule has 0 aliphatic rings. The summed E-state index contributed by atoms with van der Waals surface area (Å²) >= 11 is 0. The van der Waals surface area contributed by atoms with E-state index in [1.165, 1.54) is 17.3 Å². The zero-order chi connectivity index (χ0) is 21.1. The first kappa shape index (κ1) is 19.4. The number of aromatic nitrogens is 6. The Morgan fingerprint density at radius 3 is 2.77 bits per heavy atom. The van der Waals surface area contributed by atoms with E-state index in [1.807, 2.05) is 37.3 Å². The van der Waals surface area contributed by atoms with Crippen LogP contribution in [-0.2, 0) is 6.54 Å². The predicted molar refractivity (Wildman–Crippen MR) is 107 cm³/mol. The summed E-state index contributed by atoms with van der Waals surface area (Å²) in [6.07, 6.45) is 4.71. The Morgan fingerprint density at radius 2 is 2.07 bits per heavy atom. The van der Waals surface area contributed by atoms with Crippen LogP contribution in [-0.4, -0.2) is 36.0 Å². The summed E-state index contributed by atoms with van der Waals surface area (Å²) in [5, 5.41) is 7.88. The fourth-order valence-corrected chi connectivity index (χ4v) is 3.04. The van der Waals surface area contributed by atoms with E-state index in [1.54, 1.807) is 6.20 Å². The van der Waals surface area contributed by atoms with Crippen molar-refractivity contribution in [2.75, 3.05) is 6.54 Å². The number of pyridine rings is 1. The summed E-state index contributed by atoms with van der Waals surface area (Å²) in [5.74, 6) is 0.944. The van der Waals surface area contributed by atoms with Gasteiger partial charge >= 0.3 is 5.69 Å². The maximum atomic E-state index is 12.8. The number of hydrogen-bond acceptors (Lipinski definition) is 7. The molecular formula is C20H18FN7O2. The van der Waals surface area contributed by atoms with Gasteiger partial charge < -0.3 is 10.3 Å². The highest BCUT2D eigenvalue weighted by atomic mass is 19.1. The summed E-state index contributed by atoms with van der Waals surface area (Å²) in [6.45, 7) is 1.84. The van der Waals surface area contributed by atoms with Crippen molar-refractivity contribution in [2.24, 2.45) is 5.73 Å². The van der Waals surface area contributed by atoms with Gasteiger partial charge in [-0.3, -0.25) is 0 Å². The molecule has 4 aromatic rings. The van der Waals surface area contributed by atoms with Crippen LogP contribution in [0, 0.1) is 6.92 Å². The summed E-state index contributed by atoms with van der Waals surface area (Å²) < 4.78 is 20.0. The van der Waals surface area contributed by atoms with E-state index in [-0.39, 0.29) is 18.7 Å². The van der Waals surface area contributed by atoms with Crippen LogP contribution in [0.25, 0.3) is 28.3 Å². The molecule has 0 aliphatic carbocycles. The third kappa shape index (κ3) is 3.67. The van der Waals surface area contributed by atoms with Gasteiger partial charge in [0.2, 0.25) is 12.2 Å². The molecule has 0 unspecified atom stereocenters. The molecule has 30 heavy (non-hydrogen) atoms. The number of halogens is 1. The minimum absolute atomic E-state index is 0.00466. The van der Waals surface area contributed by atoms with Crippen LogP contribution in [0.1, 0.15) is 5.56 Å². The lowest BCUT2D eigenvalue weighted by atomic mass is 10.0. The molecule has 0 amide bonds. The first-order valence-electron chi connectivity index (χ1n) is 9.07. The Labute approximate surface area is 170 Å². The highest BCUT2D eigenvalue weighted by molar-refractivity contribution is 5.70. The van der Waals surface area contributed by atoms with Crippen molar-refractivity contribution in [3.63, 3.8) is 0 Å². The molecule has 0 bridgehead atoms. The molecule has 10 heteroatoms. The maximum Gasteiger partial charge on any atom is 0.351 e. The zero-order valence-electron chi connectivity index (χ0n) is 16.1. The van der Waals surface area contributed by atoms with Gasteiger partial charge in [0.05, 0.1) is 12.9 Å². The van der Waals surface area contributed by atoms with E-state index >= 15 is 0 Å². The van der Waals surface area contributed by atoms with Crippen LogP contribution in [0.5, 0.6) is 0 Å². The lowest BCUT2D eigenvalue weighted by Crippen LogP contribution is -2.26. The number of nitrogens with two attached hydrogens (primary N) is 1. The van der Waals surface area contributed by atoms with Crippen molar-refractivity contribution >= 4 is 0 Å². The summed E-state index contributed by atoms with van der Waals surface area (Å²) in [7, 11) is 0. The van der Waals surface area contributed by atoms with Crippen molar-refractivity contribution in [1.29, 1.82) is 0 Å². The van der Waals surface area contributed by atoms with Crippen LogP contribution >= 0.6 is 0 Å². The van der Waals surface area contributed by atoms with Gasteiger partial charge in [0.15, 0.2) is 0 Å². The van der Waals surface area contributed by atoms with Gasteiger partial charge in [-0.15, -0.1) is 0 Å². The second kappa shape index (κ2) is 8.21. The largest absolute Gasteiger partial charge is 0.351 e. The van der Waals surface area contributed by atoms with E-state index in [2.05, 4.69) is 20.2 Å². The molecule has 9 nitrogen and oxygen atoms in total. The number of hydrogen-bond donors (Lipinski definition) is 1.